The first kappa shape index (κ1) is 27.6. The van der Waals surface area contributed by atoms with Gasteiger partial charge in [-0.1, -0.05) is 72.3 Å². The number of amides is 2. The second-order valence-electron chi connectivity index (χ2n) is 10.6. The fourth-order valence-electron chi connectivity index (χ4n) is 5.83. The molecule has 1 unspecified atom stereocenters. The van der Waals surface area contributed by atoms with Crippen molar-refractivity contribution in [3.63, 3.8) is 0 Å². The molecule has 0 radical (unpaired) electrons. The van der Waals surface area contributed by atoms with Crippen molar-refractivity contribution < 1.29 is 4.79 Å². The predicted molar refractivity (Wildman–Crippen MR) is 164 cm³/mol. The van der Waals surface area contributed by atoms with E-state index in [-0.39, 0.29) is 11.9 Å². The fourth-order valence-corrected chi connectivity index (χ4v) is 6.00. The molecule has 1 atom stereocenters. The van der Waals surface area contributed by atoms with E-state index in [1.807, 2.05) is 35.4 Å². The molecule has 1 N–H and O–H groups in total. The number of likely N-dealkylation sites (tertiary alicyclic amines) is 1. The second-order valence-corrected chi connectivity index (χ2v) is 11.1. The van der Waals surface area contributed by atoms with Crippen molar-refractivity contribution in [1.29, 1.82) is 0 Å². The highest BCUT2D eigenvalue weighted by molar-refractivity contribution is 6.31. The molecule has 3 heterocycles. The number of nitrogens with zero attached hydrogens (tertiary/aromatic N) is 6. The first-order valence-electron chi connectivity index (χ1n) is 14.2. The lowest BCUT2D eigenvalue weighted by molar-refractivity contribution is 0.183. The first-order valence-corrected chi connectivity index (χ1v) is 14.6. The number of nitrogens with one attached hydrogen (secondary N) is 1. The maximum absolute atomic E-state index is 12.1. The third kappa shape index (κ3) is 6.04. The van der Waals surface area contributed by atoms with Crippen LogP contribution in [-0.4, -0.2) is 56.3 Å². The van der Waals surface area contributed by atoms with Crippen molar-refractivity contribution in [2.75, 3.05) is 20.1 Å². The van der Waals surface area contributed by atoms with Crippen molar-refractivity contribution in [2.45, 2.75) is 31.1 Å². The summed E-state index contributed by atoms with van der Waals surface area (Å²) in [6.07, 6.45) is 6.22. The summed E-state index contributed by atoms with van der Waals surface area (Å²) in [7, 11) is 1.69. The van der Waals surface area contributed by atoms with Crippen molar-refractivity contribution >= 4 is 17.6 Å². The average Bonchev–Trinajstić information content (AvgIpc) is 3.59. The molecule has 2 amide bonds. The summed E-state index contributed by atoms with van der Waals surface area (Å²) in [5.74, 6) is 0.497. The minimum Gasteiger partial charge on any atom is -0.341 e. The van der Waals surface area contributed by atoms with E-state index in [2.05, 4.69) is 81.5 Å². The van der Waals surface area contributed by atoms with E-state index >= 15 is 0 Å². The van der Waals surface area contributed by atoms with Gasteiger partial charge in [-0.05, 0) is 76.6 Å². The number of pyridine rings is 1. The van der Waals surface area contributed by atoms with Crippen molar-refractivity contribution in [3.05, 3.63) is 125 Å². The number of aromatic nitrogens is 5. The Morgan fingerprint density at radius 2 is 1.83 bits per heavy atom. The predicted octanol–water partition coefficient (Wildman–Crippen LogP) is 6.27. The molecule has 5 aromatic rings. The molecular formula is C33H32ClN7O. The molecule has 1 aliphatic rings. The normalized spacial score (nSPS) is 14.5. The zero-order valence-corrected chi connectivity index (χ0v) is 24.2. The molecule has 6 rings (SSSR count). The SMILES string of the molecule is CNC(=O)N1CCC(c2cccc(C(Cc3ccccc3)c3ccc(-c4cc(Cl)ccc4-n4cnnn4)cn3)c2)CC1. The Morgan fingerprint density at radius 3 is 2.55 bits per heavy atom. The first-order chi connectivity index (χ1) is 20.6. The number of halogens is 1. The molecule has 9 heteroatoms. The maximum Gasteiger partial charge on any atom is 0.317 e. The van der Waals surface area contributed by atoms with Gasteiger partial charge in [-0.2, -0.15) is 4.68 Å². The van der Waals surface area contributed by atoms with Crippen molar-refractivity contribution in [3.8, 4) is 16.8 Å². The Hall–Kier alpha value is -4.56. The van der Waals surface area contributed by atoms with E-state index in [0.717, 1.165) is 54.9 Å². The van der Waals surface area contributed by atoms with E-state index in [1.54, 1.807) is 18.1 Å². The number of hydrogen-bond acceptors (Lipinski definition) is 5. The van der Waals surface area contributed by atoms with E-state index in [9.17, 15) is 4.79 Å². The molecule has 1 saturated heterocycles. The Labute approximate surface area is 250 Å². The maximum atomic E-state index is 12.1. The van der Waals surface area contributed by atoms with E-state index < -0.39 is 0 Å². The summed E-state index contributed by atoms with van der Waals surface area (Å²) in [5, 5.41) is 15.0. The summed E-state index contributed by atoms with van der Waals surface area (Å²) >= 11 is 6.39. The Morgan fingerprint density at radius 1 is 1.00 bits per heavy atom. The Kier molecular flexibility index (Phi) is 8.23. The van der Waals surface area contributed by atoms with Crippen molar-refractivity contribution in [1.82, 2.24) is 35.4 Å². The number of carbonyl (C=O) groups excluding carboxylic acids is 1. The van der Waals surface area contributed by atoms with Gasteiger partial charge in [-0.3, -0.25) is 4.98 Å². The largest absolute Gasteiger partial charge is 0.341 e. The number of benzene rings is 3. The van der Waals surface area contributed by atoms with Gasteiger partial charge in [0.15, 0.2) is 0 Å². The van der Waals surface area contributed by atoms with Gasteiger partial charge >= 0.3 is 6.03 Å². The fraction of sp³-hybridized carbons (Fsp3) is 0.242. The van der Waals surface area contributed by atoms with Crippen LogP contribution in [0.2, 0.25) is 5.02 Å². The van der Waals surface area contributed by atoms with Gasteiger partial charge in [0.1, 0.15) is 6.33 Å². The molecule has 0 aliphatic carbocycles. The smallest absolute Gasteiger partial charge is 0.317 e. The van der Waals surface area contributed by atoms with Crippen LogP contribution < -0.4 is 5.32 Å². The molecule has 3 aromatic carbocycles. The van der Waals surface area contributed by atoms with E-state index in [0.29, 0.717) is 10.9 Å². The van der Waals surface area contributed by atoms with E-state index in [4.69, 9.17) is 16.6 Å². The quantitative estimate of drug-likeness (QED) is 0.246. The van der Waals surface area contributed by atoms with Gasteiger partial charge in [-0.15, -0.1) is 5.10 Å². The summed E-state index contributed by atoms with van der Waals surface area (Å²) in [6.45, 7) is 1.53. The third-order valence-corrected chi connectivity index (χ3v) is 8.31. The third-order valence-electron chi connectivity index (χ3n) is 8.07. The van der Waals surface area contributed by atoms with Crippen LogP contribution in [0, 0.1) is 0 Å². The van der Waals surface area contributed by atoms with Gasteiger partial charge in [0.05, 0.1) is 5.69 Å². The number of rotatable bonds is 7. The highest BCUT2D eigenvalue weighted by atomic mass is 35.5. The Balaban J connectivity index is 1.31. The van der Waals surface area contributed by atoms with Gasteiger partial charge in [0.2, 0.25) is 0 Å². The zero-order chi connectivity index (χ0) is 28.9. The molecular weight excluding hydrogens is 546 g/mol. The zero-order valence-electron chi connectivity index (χ0n) is 23.4. The summed E-state index contributed by atoms with van der Waals surface area (Å²) < 4.78 is 1.63. The van der Waals surface area contributed by atoms with E-state index in [1.165, 1.54) is 16.7 Å². The van der Waals surface area contributed by atoms with Gasteiger partial charge < -0.3 is 10.2 Å². The van der Waals surface area contributed by atoms with Crippen molar-refractivity contribution in [2.24, 2.45) is 0 Å². The number of piperidine rings is 1. The van der Waals surface area contributed by atoms with Crippen LogP contribution in [0.5, 0.6) is 0 Å². The Bertz CT molecular complexity index is 1630. The van der Waals surface area contributed by atoms with Crippen LogP contribution in [0.25, 0.3) is 16.8 Å². The standard InChI is InChI=1S/C33H32ClN7O/c1-35-33(42)40-16-14-24(15-17-40)25-8-5-9-26(19-25)29(18-23-6-3-2-4-7-23)31-12-10-27(21-36-31)30-20-28(34)11-13-32(30)41-22-37-38-39-41/h2-13,19-22,24,29H,14-18H2,1H3,(H,35,42). The summed E-state index contributed by atoms with van der Waals surface area (Å²) in [4.78, 5) is 19.0. The lowest BCUT2D eigenvalue weighted by atomic mass is 9.84. The summed E-state index contributed by atoms with van der Waals surface area (Å²) in [6, 6.07) is 29.3. The summed E-state index contributed by atoms with van der Waals surface area (Å²) in [5.41, 5.74) is 7.48. The molecule has 1 aliphatic heterocycles. The highest BCUT2D eigenvalue weighted by Crippen LogP contribution is 2.35. The van der Waals surface area contributed by atoms with Crippen LogP contribution in [0.1, 0.15) is 47.1 Å². The van der Waals surface area contributed by atoms with Gasteiger partial charge in [-0.25, -0.2) is 4.79 Å². The van der Waals surface area contributed by atoms with Crippen LogP contribution in [-0.2, 0) is 6.42 Å². The van der Waals surface area contributed by atoms with Crippen LogP contribution in [0.3, 0.4) is 0 Å². The van der Waals surface area contributed by atoms with Crippen LogP contribution >= 0.6 is 11.6 Å². The monoisotopic (exact) mass is 577 g/mol. The second kappa shape index (κ2) is 12.5. The van der Waals surface area contributed by atoms with Crippen LogP contribution in [0.4, 0.5) is 4.79 Å². The van der Waals surface area contributed by atoms with Gasteiger partial charge in [0, 0.05) is 54.1 Å². The molecule has 1 fully saturated rings. The number of tetrazole rings is 1. The lowest BCUT2D eigenvalue weighted by Crippen LogP contribution is -2.42. The number of hydrogen-bond donors (Lipinski definition) is 1. The molecule has 212 valence electrons. The van der Waals surface area contributed by atoms with Crippen LogP contribution in [0.15, 0.2) is 97.5 Å². The highest BCUT2D eigenvalue weighted by Gasteiger charge is 2.25. The topological polar surface area (TPSA) is 88.8 Å². The molecule has 42 heavy (non-hydrogen) atoms. The number of carbonyl (C=O) groups is 1. The molecule has 2 aromatic heterocycles. The lowest BCUT2D eigenvalue weighted by Gasteiger charge is -2.32. The number of urea groups is 1. The molecule has 0 bridgehead atoms. The minimum atomic E-state index is 0.00231. The van der Waals surface area contributed by atoms with Gasteiger partial charge in [0.25, 0.3) is 0 Å². The average molecular weight is 578 g/mol. The molecule has 0 spiro atoms. The minimum absolute atomic E-state index is 0.00231. The molecule has 0 saturated carbocycles. The molecule has 8 nitrogen and oxygen atoms in total.